The molecule has 1 aliphatic rings. The molecule has 4 heteroatoms. The number of hydrogen-bond acceptors (Lipinski definition) is 2. The van der Waals surface area contributed by atoms with E-state index in [0.717, 1.165) is 25.7 Å². The summed E-state index contributed by atoms with van der Waals surface area (Å²) in [7, 11) is -3.32. The first-order chi connectivity index (χ1) is 5.55. The van der Waals surface area contributed by atoms with Crippen molar-refractivity contribution in [3.05, 3.63) is 12.7 Å². The first-order valence-electron chi connectivity index (χ1n) is 4.18. The van der Waals surface area contributed by atoms with Crippen molar-refractivity contribution in [2.45, 2.75) is 30.9 Å². The number of allylic oxidation sites excluding steroid dienone is 1. The van der Waals surface area contributed by atoms with E-state index in [1.54, 1.807) is 6.08 Å². The summed E-state index contributed by atoms with van der Waals surface area (Å²) >= 11 is 0. The lowest BCUT2D eigenvalue weighted by molar-refractivity contribution is 0.522. The molecule has 12 heavy (non-hydrogen) atoms. The van der Waals surface area contributed by atoms with E-state index in [0.29, 0.717) is 0 Å². The summed E-state index contributed by atoms with van der Waals surface area (Å²) in [5.41, 5.74) is 0. The molecule has 3 nitrogen and oxygen atoms in total. The minimum Gasteiger partial charge on any atom is -0.228 e. The van der Waals surface area contributed by atoms with Gasteiger partial charge in [0.1, 0.15) is 0 Å². The maximum atomic E-state index is 11.1. The molecule has 0 bridgehead atoms. The highest BCUT2D eigenvalue weighted by Gasteiger charge is 2.34. The second-order valence-electron chi connectivity index (χ2n) is 3.34. The fraction of sp³-hybridized carbons (Fsp3) is 0.750. The molecule has 70 valence electrons. The Morgan fingerprint density at radius 2 is 2.17 bits per heavy atom. The van der Waals surface area contributed by atoms with Crippen LogP contribution in [0.5, 0.6) is 0 Å². The third-order valence-corrected chi connectivity index (χ3v) is 3.95. The van der Waals surface area contributed by atoms with Crippen LogP contribution in [0.2, 0.25) is 0 Å². The van der Waals surface area contributed by atoms with Gasteiger partial charge < -0.3 is 0 Å². The zero-order valence-electron chi connectivity index (χ0n) is 7.07. The Hall–Kier alpha value is -0.350. The van der Waals surface area contributed by atoms with Crippen LogP contribution in [0.25, 0.3) is 0 Å². The minimum absolute atomic E-state index is 0.206. The lowest BCUT2D eigenvalue weighted by Gasteiger charge is -2.14. The molecule has 0 saturated heterocycles. The Balaban J connectivity index is 2.70. The molecule has 2 N–H and O–H groups in total. The summed E-state index contributed by atoms with van der Waals surface area (Å²) in [6.45, 7) is 3.61. The van der Waals surface area contributed by atoms with E-state index in [-0.39, 0.29) is 11.2 Å². The SMILES string of the molecule is C=CCC1CCCC1S(N)(=O)=O. The zero-order valence-corrected chi connectivity index (χ0v) is 7.89. The van der Waals surface area contributed by atoms with Gasteiger partial charge in [-0.2, -0.15) is 0 Å². The highest BCUT2D eigenvalue weighted by molar-refractivity contribution is 7.89. The molecule has 1 saturated carbocycles. The van der Waals surface area contributed by atoms with Crippen molar-refractivity contribution < 1.29 is 8.42 Å². The summed E-state index contributed by atoms with van der Waals surface area (Å²) in [6.07, 6.45) is 5.19. The normalized spacial score (nSPS) is 30.4. The molecule has 1 fully saturated rings. The van der Waals surface area contributed by atoms with Crippen LogP contribution >= 0.6 is 0 Å². The number of hydrogen-bond donors (Lipinski definition) is 1. The Kier molecular flexibility index (Phi) is 2.90. The van der Waals surface area contributed by atoms with Gasteiger partial charge >= 0.3 is 0 Å². The van der Waals surface area contributed by atoms with Gasteiger partial charge in [0.15, 0.2) is 0 Å². The largest absolute Gasteiger partial charge is 0.228 e. The monoisotopic (exact) mass is 189 g/mol. The first-order valence-corrected chi connectivity index (χ1v) is 5.79. The van der Waals surface area contributed by atoms with E-state index in [1.165, 1.54) is 0 Å². The fourth-order valence-electron chi connectivity index (χ4n) is 1.92. The van der Waals surface area contributed by atoms with Crippen LogP contribution in [0.15, 0.2) is 12.7 Å². The van der Waals surface area contributed by atoms with Crippen LogP contribution in [0, 0.1) is 5.92 Å². The third-order valence-electron chi connectivity index (χ3n) is 2.48. The van der Waals surface area contributed by atoms with Gasteiger partial charge in [-0.05, 0) is 25.2 Å². The van der Waals surface area contributed by atoms with Crippen molar-refractivity contribution in [1.82, 2.24) is 0 Å². The van der Waals surface area contributed by atoms with Crippen LogP contribution in [-0.4, -0.2) is 13.7 Å². The van der Waals surface area contributed by atoms with Gasteiger partial charge in [-0.3, -0.25) is 0 Å². The average Bonchev–Trinajstić information content (AvgIpc) is 2.34. The minimum atomic E-state index is -3.32. The molecule has 0 aliphatic heterocycles. The lowest BCUT2D eigenvalue weighted by atomic mass is 10.0. The van der Waals surface area contributed by atoms with E-state index in [1.807, 2.05) is 0 Å². The maximum absolute atomic E-state index is 11.1. The van der Waals surface area contributed by atoms with Gasteiger partial charge in [0.05, 0.1) is 5.25 Å². The average molecular weight is 189 g/mol. The molecule has 0 amide bonds. The van der Waals surface area contributed by atoms with Crippen LogP contribution in [-0.2, 0) is 10.0 Å². The van der Waals surface area contributed by atoms with Crippen molar-refractivity contribution in [3.63, 3.8) is 0 Å². The Labute approximate surface area is 73.7 Å². The summed E-state index contributed by atoms with van der Waals surface area (Å²) in [5.74, 6) is 0.206. The van der Waals surface area contributed by atoms with E-state index in [4.69, 9.17) is 5.14 Å². The van der Waals surface area contributed by atoms with Crippen molar-refractivity contribution in [2.75, 3.05) is 0 Å². The molecule has 2 atom stereocenters. The van der Waals surface area contributed by atoms with Crippen molar-refractivity contribution in [2.24, 2.45) is 11.1 Å². The Bertz CT molecular complexity index is 258. The van der Waals surface area contributed by atoms with Crippen molar-refractivity contribution in [1.29, 1.82) is 0 Å². The maximum Gasteiger partial charge on any atom is 0.212 e. The highest BCUT2D eigenvalue weighted by atomic mass is 32.2. The molecule has 0 aromatic rings. The molecule has 0 spiro atoms. The van der Waals surface area contributed by atoms with E-state index >= 15 is 0 Å². The first kappa shape index (κ1) is 9.74. The number of primary sulfonamides is 1. The molecule has 1 aliphatic carbocycles. The van der Waals surface area contributed by atoms with Crippen LogP contribution in [0.1, 0.15) is 25.7 Å². The van der Waals surface area contributed by atoms with Gasteiger partial charge in [0.2, 0.25) is 10.0 Å². The van der Waals surface area contributed by atoms with Gasteiger partial charge in [0.25, 0.3) is 0 Å². The quantitative estimate of drug-likeness (QED) is 0.674. The smallest absolute Gasteiger partial charge is 0.212 e. The van der Waals surface area contributed by atoms with E-state index < -0.39 is 10.0 Å². The zero-order chi connectivity index (χ0) is 9.19. The number of rotatable bonds is 3. The second kappa shape index (κ2) is 3.58. The number of sulfonamides is 1. The topological polar surface area (TPSA) is 60.2 Å². The van der Waals surface area contributed by atoms with E-state index in [9.17, 15) is 8.42 Å². The molecule has 0 radical (unpaired) electrons. The Morgan fingerprint density at radius 3 is 2.67 bits per heavy atom. The Morgan fingerprint density at radius 1 is 1.50 bits per heavy atom. The molecule has 1 rings (SSSR count). The second-order valence-corrected chi connectivity index (χ2v) is 5.13. The van der Waals surface area contributed by atoms with Crippen LogP contribution in [0.3, 0.4) is 0 Å². The predicted molar refractivity (Wildman–Crippen MR) is 49.1 cm³/mol. The molecule has 0 aromatic carbocycles. The fourth-order valence-corrected chi connectivity index (χ4v) is 3.20. The number of nitrogens with two attached hydrogens (primary N) is 1. The standard InChI is InChI=1S/C8H15NO2S/c1-2-4-7-5-3-6-8(7)12(9,10)11/h2,7-8H,1,3-6H2,(H2,9,10,11). The molecule has 0 aromatic heterocycles. The van der Waals surface area contributed by atoms with E-state index in [2.05, 4.69) is 6.58 Å². The lowest BCUT2D eigenvalue weighted by Crippen LogP contribution is -2.31. The predicted octanol–water partition coefficient (Wildman–Crippen LogP) is 1.02. The summed E-state index contributed by atoms with van der Waals surface area (Å²) in [5, 5.41) is 4.78. The molecule has 0 heterocycles. The summed E-state index contributed by atoms with van der Waals surface area (Å²) in [6, 6.07) is 0. The van der Waals surface area contributed by atoms with Crippen molar-refractivity contribution >= 4 is 10.0 Å². The van der Waals surface area contributed by atoms with Crippen LogP contribution in [0.4, 0.5) is 0 Å². The molecule has 2 unspecified atom stereocenters. The summed E-state index contributed by atoms with van der Waals surface area (Å²) in [4.78, 5) is 0. The van der Waals surface area contributed by atoms with Crippen LogP contribution < -0.4 is 5.14 Å². The van der Waals surface area contributed by atoms with Gasteiger partial charge in [-0.25, -0.2) is 13.6 Å². The van der Waals surface area contributed by atoms with Gasteiger partial charge in [-0.15, -0.1) is 6.58 Å². The summed E-state index contributed by atoms with van der Waals surface area (Å²) < 4.78 is 22.1. The highest BCUT2D eigenvalue weighted by Crippen LogP contribution is 2.32. The molecular formula is C8H15NO2S. The third kappa shape index (κ3) is 2.08. The van der Waals surface area contributed by atoms with Crippen molar-refractivity contribution in [3.8, 4) is 0 Å². The van der Waals surface area contributed by atoms with Gasteiger partial charge in [-0.1, -0.05) is 12.5 Å². The molecular weight excluding hydrogens is 174 g/mol. The van der Waals surface area contributed by atoms with Gasteiger partial charge in [0, 0.05) is 0 Å².